The highest BCUT2D eigenvalue weighted by Gasteiger charge is 2.36. The van der Waals surface area contributed by atoms with Gasteiger partial charge in [0.2, 0.25) is 11.8 Å². The zero-order valence-electron chi connectivity index (χ0n) is 17.5. The van der Waals surface area contributed by atoms with Crippen molar-refractivity contribution in [2.75, 3.05) is 13.2 Å². The maximum absolute atomic E-state index is 10.4. The van der Waals surface area contributed by atoms with Crippen molar-refractivity contribution in [3.05, 3.63) is 63.5 Å². The van der Waals surface area contributed by atoms with Crippen LogP contribution in [0.3, 0.4) is 0 Å². The smallest absolute Gasteiger partial charge is 0.244 e. The van der Waals surface area contributed by atoms with Gasteiger partial charge in [0.1, 0.15) is 17.4 Å². The van der Waals surface area contributed by atoms with Crippen molar-refractivity contribution in [3.8, 4) is 40.5 Å². The van der Waals surface area contributed by atoms with Crippen LogP contribution in [0.5, 0.6) is 23.1 Å². The molecular weight excluding hydrogens is 476 g/mol. The van der Waals surface area contributed by atoms with Gasteiger partial charge in [-0.25, -0.2) is 0 Å². The maximum Gasteiger partial charge on any atom is 0.244 e. The Morgan fingerprint density at radius 2 is 1.94 bits per heavy atom. The summed E-state index contributed by atoms with van der Waals surface area (Å²) in [7, 11) is 0. The number of nitrogens with zero attached hydrogens (tertiary/aromatic N) is 2. The predicted molar refractivity (Wildman–Crippen MR) is 121 cm³/mol. The second-order valence-corrected chi connectivity index (χ2v) is 7.84. The Morgan fingerprint density at radius 1 is 1.22 bits per heavy atom. The van der Waals surface area contributed by atoms with Gasteiger partial charge in [-0.15, -0.1) is 5.10 Å². The van der Waals surface area contributed by atoms with E-state index in [-0.39, 0.29) is 23.1 Å². The van der Waals surface area contributed by atoms with Gasteiger partial charge in [0.15, 0.2) is 11.5 Å². The van der Waals surface area contributed by atoms with Crippen molar-refractivity contribution < 1.29 is 19.3 Å². The van der Waals surface area contributed by atoms with Crippen LogP contribution in [0.2, 0.25) is 0 Å². The Bertz CT molecular complexity index is 1230. The number of halogens is 1. The van der Waals surface area contributed by atoms with Gasteiger partial charge in [-0.1, -0.05) is 0 Å². The molecule has 2 heterocycles. The number of aromatic hydroxyl groups is 1. The minimum absolute atomic E-state index is 0.0164. The molecule has 1 aliphatic heterocycles. The number of nitrogens with two attached hydrogens (primary N) is 1. The first kappa shape index (κ1) is 21.6. The number of nitrogens with one attached hydrogen (secondary N) is 1. The lowest BCUT2D eigenvalue weighted by Gasteiger charge is -2.25. The predicted octanol–water partition coefficient (Wildman–Crippen LogP) is 4.56. The van der Waals surface area contributed by atoms with Gasteiger partial charge in [0.25, 0.3) is 0 Å². The Morgan fingerprint density at radius 3 is 2.59 bits per heavy atom. The second-order valence-electron chi connectivity index (χ2n) is 6.98. The monoisotopic (exact) mass is 496 g/mol. The summed E-state index contributed by atoms with van der Waals surface area (Å²) in [6.45, 7) is 4.69. The highest BCUT2D eigenvalue weighted by Crippen LogP contribution is 2.48. The number of ether oxygens (including phenoxy) is 3. The molecule has 0 amide bonds. The zero-order chi connectivity index (χ0) is 22.8. The summed E-state index contributed by atoms with van der Waals surface area (Å²) in [4.78, 5) is 0. The quantitative estimate of drug-likeness (QED) is 0.456. The second kappa shape index (κ2) is 8.85. The number of hydrogen-bond acceptors (Lipinski definition) is 7. The first-order chi connectivity index (χ1) is 15.5. The Hall–Kier alpha value is -3.64. The van der Waals surface area contributed by atoms with Crippen LogP contribution >= 0.6 is 15.9 Å². The number of phenolic OH excluding ortho intramolecular Hbond substituents is 1. The van der Waals surface area contributed by atoms with Crippen molar-refractivity contribution in [3.63, 3.8) is 0 Å². The van der Waals surface area contributed by atoms with Crippen LogP contribution in [0.15, 0.2) is 52.3 Å². The number of nitriles is 1. The summed E-state index contributed by atoms with van der Waals surface area (Å²) in [5, 5.41) is 27.6. The molecule has 3 aromatic rings. The van der Waals surface area contributed by atoms with Crippen LogP contribution < -0.4 is 19.9 Å². The van der Waals surface area contributed by atoms with Crippen LogP contribution in [0.1, 0.15) is 30.9 Å². The molecule has 0 unspecified atom stereocenters. The van der Waals surface area contributed by atoms with Gasteiger partial charge in [-0.2, -0.15) is 5.26 Å². The van der Waals surface area contributed by atoms with E-state index in [2.05, 4.69) is 32.2 Å². The third-order valence-corrected chi connectivity index (χ3v) is 5.68. The SMILES string of the molecule is CCOc1ccc(-c2[nH]nc3c2[C@H](c2cc(Br)c(O)c(OCC)c2)C(C#N)=C(N)O3)cc1. The van der Waals surface area contributed by atoms with Crippen LogP contribution in [0.25, 0.3) is 11.3 Å². The van der Waals surface area contributed by atoms with Crippen molar-refractivity contribution >= 4 is 15.9 Å². The number of fused-ring (bicyclic) bond motifs is 1. The molecule has 1 aliphatic rings. The fourth-order valence-corrected chi connectivity index (χ4v) is 4.17. The molecule has 4 rings (SSSR count). The number of H-pyrrole nitrogens is 1. The van der Waals surface area contributed by atoms with E-state index in [4.69, 9.17) is 19.9 Å². The summed E-state index contributed by atoms with van der Waals surface area (Å²) in [6, 6.07) is 13.1. The molecule has 0 saturated carbocycles. The van der Waals surface area contributed by atoms with E-state index in [1.54, 1.807) is 12.1 Å². The lowest BCUT2D eigenvalue weighted by molar-refractivity contribution is 0.316. The molecule has 0 fully saturated rings. The van der Waals surface area contributed by atoms with Gasteiger partial charge in [0, 0.05) is 5.56 Å². The van der Waals surface area contributed by atoms with Crippen LogP contribution in [0, 0.1) is 11.3 Å². The van der Waals surface area contributed by atoms with Crippen molar-refractivity contribution in [2.24, 2.45) is 5.73 Å². The molecule has 1 aromatic heterocycles. The minimum Gasteiger partial charge on any atom is -0.503 e. The molecule has 4 N–H and O–H groups in total. The third kappa shape index (κ3) is 3.74. The van der Waals surface area contributed by atoms with Crippen LogP contribution in [-0.2, 0) is 0 Å². The standard InChI is InChI=1S/C23H21BrN4O4/c1-3-30-14-7-5-12(6-8-14)20-19-18(15(11-25)22(26)32-23(19)28-27-20)13-9-16(24)21(29)17(10-13)31-4-2/h5-10,18,29H,3-4,26H2,1-2H3,(H,27,28)/t18-/m1/s1. The summed E-state index contributed by atoms with van der Waals surface area (Å²) in [5.74, 6) is 0.724. The molecule has 0 saturated heterocycles. The van der Waals surface area contributed by atoms with E-state index in [9.17, 15) is 10.4 Å². The number of aromatic amines is 1. The molecule has 0 aliphatic carbocycles. The van der Waals surface area contributed by atoms with E-state index in [1.807, 2.05) is 38.1 Å². The highest BCUT2D eigenvalue weighted by molar-refractivity contribution is 9.10. The Labute approximate surface area is 193 Å². The van der Waals surface area contributed by atoms with Crippen molar-refractivity contribution in [1.29, 1.82) is 5.26 Å². The molecule has 0 bridgehead atoms. The van der Waals surface area contributed by atoms with Gasteiger partial charge in [0.05, 0.1) is 34.9 Å². The van der Waals surface area contributed by atoms with Gasteiger partial charge >= 0.3 is 0 Å². The summed E-state index contributed by atoms with van der Waals surface area (Å²) in [6.07, 6.45) is 0. The number of aromatic nitrogens is 2. The Balaban J connectivity index is 1.89. The Kier molecular flexibility index (Phi) is 5.97. The number of allylic oxidation sites excluding steroid dienone is 1. The molecule has 2 aromatic carbocycles. The zero-order valence-corrected chi connectivity index (χ0v) is 19.1. The van der Waals surface area contributed by atoms with E-state index >= 15 is 0 Å². The lowest BCUT2D eigenvalue weighted by atomic mass is 9.83. The van der Waals surface area contributed by atoms with Gasteiger partial charge in [-0.05, 0) is 71.7 Å². The summed E-state index contributed by atoms with van der Waals surface area (Å²) >= 11 is 3.38. The fourth-order valence-electron chi connectivity index (χ4n) is 3.71. The highest BCUT2D eigenvalue weighted by atomic mass is 79.9. The lowest BCUT2D eigenvalue weighted by Crippen LogP contribution is -2.21. The molecule has 0 spiro atoms. The molecule has 8 nitrogen and oxygen atoms in total. The van der Waals surface area contributed by atoms with Gasteiger partial charge in [-0.3, -0.25) is 5.10 Å². The van der Waals surface area contributed by atoms with Crippen molar-refractivity contribution in [1.82, 2.24) is 10.2 Å². The molecule has 164 valence electrons. The van der Waals surface area contributed by atoms with E-state index in [1.165, 1.54) is 0 Å². The largest absolute Gasteiger partial charge is 0.503 e. The number of phenols is 1. The minimum atomic E-state index is -0.583. The average molecular weight is 497 g/mol. The molecule has 1 atom stereocenters. The van der Waals surface area contributed by atoms with Crippen LogP contribution in [-0.4, -0.2) is 28.5 Å². The first-order valence-electron chi connectivity index (χ1n) is 10.0. The van der Waals surface area contributed by atoms with Crippen LogP contribution in [0.4, 0.5) is 0 Å². The molecule has 32 heavy (non-hydrogen) atoms. The molecule has 9 heteroatoms. The van der Waals surface area contributed by atoms with Gasteiger partial charge < -0.3 is 25.1 Å². The van der Waals surface area contributed by atoms with Crippen molar-refractivity contribution in [2.45, 2.75) is 19.8 Å². The van der Waals surface area contributed by atoms with E-state index in [0.29, 0.717) is 40.3 Å². The number of benzene rings is 2. The summed E-state index contributed by atoms with van der Waals surface area (Å²) < 4.78 is 17.2. The topological polar surface area (TPSA) is 126 Å². The fraction of sp³-hybridized carbons (Fsp3) is 0.217. The maximum atomic E-state index is 10.4. The van der Waals surface area contributed by atoms with E-state index in [0.717, 1.165) is 11.3 Å². The third-order valence-electron chi connectivity index (χ3n) is 5.08. The average Bonchev–Trinajstić information content (AvgIpc) is 3.20. The van der Waals surface area contributed by atoms with E-state index < -0.39 is 5.92 Å². The normalized spacial score (nSPS) is 15.0. The number of hydrogen-bond donors (Lipinski definition) is 3. The first-order valence-corrected chi connectivity index (χ1v) is 10.8. The summed E-state index contributed by atoms with van der Waals surface area (Å²) in [5.41, 5.74) is 9.20. The molecular formula is C23H21BrN4O4. The number of rotatable bonds is 6. The molecule has 0 radical (unpaired) electrons.